The number of hydrogen-bond acceptors (Lipinski definition) is 6. The first kappa shape index (κ1) is 20.5. The number of non-ortho nitro benzene ring substituents is 1. The van der Waals surface area contributed by atoms with Gasteiger partial charge in [-0.25, -0.2) is 4.68 Å². The maximum atomic E-state index is 10.8. The van der Waals surface area contributed by atoms with Crippen LogP contribution in [0.4, 0.5) is 11.4 Å². The molecular formula is C20H21ClN6O2S. The number of rotatable bonds is 5. The number of nitro benzene ring substituents is 1. The highest BCUT2D eigenvalue weighted by atomic mass is 35.5. The number of benzene rings is 2. The molecule has 0 N–H and O–H groups in total. The normalized spacial score (nSPS) is 14.8. The molecule has 0 atom stereocenters. The zero-order valence-corrected chi connectivity index (χ0v) is 18.0. The number of hydrogen-bond donors (Lipinski definition) is 0. The zero-order chi connectivity index (χ0) is 21.3. The Morgan fingerprint density at radius 1 is 1.07 bits per heavy atom. The fourth-order valence-electron chi connectivity index (χ4n) is 3.55. The highest BCUT2D eigenvalue weighted by molar-refractivity contribution is 7.71. The maximum Gasteiger partial charge on any atom is 0.269 e. The van der Waals surface area contributed by atoms with Crippen LogP contribution in [0, 0.1) is 14.9 Å². The molecule has 0 unspecified atom stereocenters. The van der Waals surface area contributed by atoms with Gasteiger partial charge in [-0.1, -0.05) is 11.6 Å². The predicted octanol–water partition coefficient (Wildman–Crippen LogP) is 3.96. The van der Waals surface area contributed by atoms with Crippen molar-refractivity contribution in [2.75, 3.05) is 31.1 Å². The minimum atomic E-state index is -0.378. The van der Waals surface area contributed by atoms with Crippen molar-refractivity contribution in [1.29, 1.82) is 0 Å². The molecule has 0 aliphatic carbocycles. The molecular weight excluding hydrogens is 424 g/mol. The van der Waals surface area contributed by atoms with Crippen molar-refractivity contribution in [2.24, 2.45) is 7.05 Å². The van der Waals surface area contributed by atoms with Gasteiger partial charge in [0.15, 0.2) is 10.6 Å². The number of nitrogens with zero attached hydrogens (tertiary/aromatic N) is 6. The first-order valence-electron chi connectivity index (χ1n) is 9.54. The monoisotopic (exact) mass is 444 g/mol. The van der Waals surface area contributed by atoms with Crippen molar-refractivity contribution in [2.45, 2.75) is 6.67 Å². The molecule has 3 aromatic rings. The fraction of sp³-hybridized carbons (Fsp3) is 0.300. The van der Waals surface area contributed by atoms with Crippen LogP contribution in [0.3, 0.4) is 0 Å². The number of aromatic nitrogens is 3. The average Bonchev–Trinajstić information content (AvgIpc) is 3.03. The molecule has 10 heteroatoms. The molecule has 30 heavy (non-hydrogen) atoms. The van der Waals surface area contributed by atoms with E-state index in [1.165, 1.54) is 0 Å². The van der Waals surface area contributed by atoms with Crippen LogP contribution in [-0.2, 0) is 13.7 Å². The molecule has 1 aliphatic rings. The largest absolute Gasteiger partial charge is 0.369 e. The Labute approximate surface area is 184 Å². The van der Waals surface area contributed by atoms with Crippen molar-refractivity contribution in [3.05, 3.63) is 68.4 Å². The number of anilines is 1. The molecule has 0 radical (unpaired) electrons. The van der Waals surface area contributed by atoms with Gasteiger partial charge in [0.05, 0.1) is 11.6 Å². The Balaban J connectivity index is 1.42. The summed E-state index contributed by atoms with van der Waals surface area (Å²) in [4.78, 5) is 15.0. The van der Waals surface area contributed by atoms with Crippen LogP contribution < -0.4 is 4.90 Å². The minimum Gasteiger partial charge on any atom is -0.369 e. The van der Waals surface area contributed by atoms with Crippen LogP contribution in [-0.4, -0.2) is 50.3 Å². The van der Waals surface area contributed by atoms with E-state index in [0.29, 0.717) is 16.5 Å². The second kappa shape index (κ2) is 8.55. The Hall–Kier alpha value is -2.75. The molecule has 8 nitrogen and oxygen atoms in total. The molecule has 2 aromatic carbocycles. The van der Waals surface area contributed by atoms with Crippen molar-refractivity contribution in [3.63, 3.8) is 0 Å². The summed E-state index contributed by atoms with van der Waals surface area (Å²) in [7, 11) is 1.92. The van der Waals surface area contributed by atoms with E-state index in [1.54, 1.807) is 24.3 Å². The second-order valence-corrected chi connectivity index (χ2v) is 7.99. The van der Waals surface area contributed by atoms with Gasteiger partial charge in [-0.15, -0.1) is 0 Å². The third-order valence-electron chi connectivity index (χ3n) is 5.28. The van der Waals surface area contributed by atoms with Crippen LogP contribution in [0.15, 0.2) is 48.5 Å². The van der Waals surface area contributed by atoms with Gasteiger partial charge in [0.2, 0.25) is 0 Å². The van der Waals surface area contributed by atoms with Gasteiger partial charge >= 0.3 is 0 Å². The summed E-state index contributed by atoms with van der Waals surface area (Å²) in [5.74, 6) is 0.807. The third kappa shape index (κ3) is 4.23. The lowest BCUT2D eigenvalue weighted by atomic mass is 10.2. The number of halogens is 1. The van der Waals surface area contributed by atoms with E-state index in [9.17, 15) is 10.1 Å². The molecule has 0 bridgehead atoms. The Kier molecular flexibility index (Phi) is 5.85. The van der Waals surface area contributed by atoms with E-state index in [0.717, 1.165) is 43.3 Å². The fourth-order valence-corrected chi connectivity index (χ4v) is 3.86. The van der Waals surface area contributed by atoms with Crippen LogP contribution >= 0.6 is 23.8 Å². The van der Waals surface area contributed by atoms with E-state index < -0.39 is 0 Å². The summed E-state index contributed by atoms with van der Waals surface area (Å²) < 4.78 is 4.42. The molecule has 0 amide bonds. The van der Waals surface area contributed by atoms with Gasteiger partial charge in [-0.3, -0.25) is 15.0 Å². The highest BCUT2D eigenvalue weighted by Crippen LogP contribution is 2.22. The van der Waals surface area contributed by atoms with Gasteiger partial charge in [0, 0.05) is 61.6 Å². The Morgan fingerprint density at radius 2 is 1.70 bits per heavy atom. The molecule has 1 aromatic heterocycles. The third-order valence-corrected chi connectivity index (χ3v) is 6.01. The first-order valence-corrected chi connectivity index (χ1v) is 10.3. The lowest BCUT2D eigenvalue weighted by Crippen LogP contribution is -2.47. The highest BCUT2D eigenvalue weighted by Gasteiger charge is 2.20. The topological polar surface area (TPSA) is 72.4 Å². The summed E-state index contributed by atoms with van der Waals surface area (Å²) in [6.45, 7) is 4.00. The van der Waals surface area contributed by atoms with E-state index >= 15 is 0 Å². The molecule has 2 heterocycles. The zero-order valence-electron chi connectivity index (χ0n) is 16.4. The number of piperazine rings is 1. The van der Waals surface area contributed by atoms with Gasteiger partial charge in [0.25, 0.3) is 5.69 Å². The van der Waals surface area contributed by atoms with Crippen molar-refractivity contribution in [3.8, 4) is 11.4 Å². The van der Waals surface area contributed by atoms with Crippen molar-refractivity contribution in [1.82, 2.24) is 19.2 Å². The van der Waals surface area contributed by atoms with Crippen LogP contribution in [0.25, 0.3) is 11.4 Å². The summed E-state index contributed by atoms with van der Waals surface area (Å²) in [6.07, 6.45) is 0. The van der Waals surface area contributed by atoms with Crippen molar-refractivity contribution < 1.29 is 4.92 Å². The van der Waals surface area contributed by atoms with E-state index in [-0.39, 0.29) is 10.6 Å². The van der Waals surface area contributed by atoms with Gasteiger partial charge in [-0.2, -0.15) is 5.10 Å². The molecule has 1 aliphatic heterocycles. The molecule has 1 fully saturated rings. The molecule has 0 spiro atoms. The molecule has 4 rings (SSSR count). The molecule has 156 valence electrons. The summed E-state index contributed by atoms with van der Waals surface area (Å²) in [6, 6.07) is 14.3. The summed E-state index contributed by atoms with van der Waals surface area (Å²) >= 11 is 11.6. The molecule has 1 saturated heterocycles. The lowest BCUT2D eigenvalue weighted by molar-refractivity contribution is -0.384. The van der Waals surface area contributed by atoms with Crippen LogP contribution in [0.2, 0.25) is 5.02 Å². The van der Waals surface area contributed by atoms with E-state index in [1.807, 2.05) is 40.6 Å². The average molecular weight is 445 g/mol. The van der Waals surface area contributed by atoms with Gasteiger partial charge in [0.1, 0.15) is 0 Å². The minimum absolute atomic E-state index is 0.110. The maximum absolute atomic E-state index is 10.8. The lowest BCUT2D eigenvalue weighted by Gasteiger charge is -2.35. The quantitative estimate of drug-likeness (QED) is 0.337. The summed E-state index contributed by atoms with van der Waals surface area (Å²) in [5.41, 5.74) is 2.08. The Morgan fingerprint density at radius 3 is 2.30 bits per heavy atom. The predicted molar refractivity (Wildman–Crippen MR) is 119 cm³/mol. The SMILES string of the molecule is Cn1c(-c2ccc(Cl)cc2)nn(CN2CCN(c3ccc([N+](=O)[O-])cc3)CC2)c1=S. The smallest absolute Gasteiger partial charge is 0.269 e. The van der Waals surface area contributed by atoms with Gasteiger partial charge < -0.3 is 9.47 Å². The molecule has 0 saturated carbocycles. The van der Waals surface area contributed by atoms with E-state index in [2.05, 4.69) is 9.80 Å². The van der Waals surface area contributed by atoms with Crippen molar-refractivity contribution >= 4 is 35.2 Å². The van der Waals surface area contributed by atoms with E-state index in [4.69, 9.17) is 28.9 Å². The first-order chi connectivity index (χ1) is 14.4. The van der Waals surface area contributed by atoms with Crippen LogP contribution in [0.5, 0.6) is 0 Å². The standard InChI is InChI=1S/C20H21ClN6O2S/c1-23-19(15-2-4-16(21)5-3-15)22-26(20(23)30)14-24-10-12-25(13-11-24)17-6-8-18(9-7-17)27(28)29/h2-9H,10-14H2,1H3. The second-order valence-electron chi connectivity index (χ2n) is 7.19. The van der Waals surface area contributed by atoms with Gasteiger partial charge in [-0.05, 0) is 48.6 Å². The van der Waals surface area contributed by atoms with Crippen LogP contribution in [0.1, 0.15) is 0 Å². The number of nitro groups is 1. The Bertz CT molecular complexity index is 1100. The summed E-state index contributed by atoms with van der Waals surface area (Å²) in [5, 5.41) is 16.2.